The number of H-pyrrole nitrogens is 1. The summed E-state index contributed by atoms with van der Waals surface area (Å²) in [6, 6.07) is 1.37. The maximum absolute atomic E-state index is 12.3. The molecule has 1 heterocycles. The van der Waals surface area contributed by atoms with E-state index in [-0.39, 0.29) is 13.0 Å². The van der Waals surface area contributed by atoms with E-state index in [4.69, 9.17) is 0 Å². The Balaban J connectivity index is 2.75. The zero-order valence-electron chi connectivity index (χ0n) is 10.3. The molecule has 0 aliphatic heterocycles. The number of rotatable bonds is 4. The van der Waals surface area contributed by atoms with Crippen LogP contribution in [-0.4, -0.2) is 30.5 Å². The molecule has 110 valence electrons. The molecule has 1 aromatic rings. The predicted molar refractivity (Wildman–Crippen MR) is 61.0 cm³/mol. The van der Waals surface area contributed by atoms with E-state index >= 15 is 0 Å². The molecule has 0 aliphatic rings. The highest BCUT2D eigenvalue weighted by Crippen LogP contribution is 2.26. The Hall–Kier alpha value is -2.32. The van der Waals surface area contributed by atoms with Crippen molar-refractivity contribution in [3.05, 3.63) is 33.7 Å². The standard InChI is InChI=1S/C11H11F3N2O4/c1-20-8(17)4-5-15-9(18)6-2-3-7(11(12,13)14)16-10(6)19/h2-3H,4-5H2,1H3,(H,15,18)(H,16,19). The van der Waals surface area contributed by atoms with Crippen molar-refractivity contribution >= 4 is 11.9 Å². The van der Waals surface area contributed by atoms with Crippen LogP contribution in [0.5, 0.6) is 0 Å². The predicted octanol–water partition coefficient (Wildman–Crippen LogP) is 0.687. The number of hydrogen-bond donors (Lipinski definition) is 2. The number of hydrogen-bond acceptors (Lipinski definition) is 4. The summed E-state index contributed by atoms with van der Waals surface area (Å²) in [7, 11) is 1.17. The zero-order valence-corrected chi connectivity index (χ0v) is 10.3. The Morgan fingerprint density at radius 1 is 1.35 bits per heavy atom. The molecular weight excluding hydrogens is 281 g/mol. The van der Waals surface area contributed by atoms with Crippen molar-refractivity contribution in [2.24, 2.45) is 0 Å². The molecule has 0 atom stereocenters. The quantitative estimate of drug-likeness (QED) is 0.799. The van der Waals surface area contributed by atoms with Crippen molar-refractivity contribution in [1.82, 2.24) is 10.3 Å². The number of carbonyl (C=O) groups excluding carboxylic acids is 2. The van der Waals surface area contributed by atoms with Gasteiger partial charge in [0.15, 0.2) is 0 Å². The number of ether oxygens (including phenoxy) is 1. The molecule has 0 bridgehead atoms. The molecule has 0 fully saturated rings. The fourth-order valence-electron chi connectivity index (χ4n) is 1.29. The average molecular weight is 292 g/mol. The third-order valence-electron chi connectivity index (χ3n) is 2.30. The van der Waals surface area contributed by atoms with E-state index < -0.39 is 34.9 Å². The summed E-state index contributed by atoms with van der Waals surface area (Å²) in [4.78, 5) is 35.3. The number of carbonyl (C=O) groups is 2. The first-order valence-electron chi connectivity index (χ1n) is 5.41. The van der Waals surface area contributed by atoms with E-state index in [2.05, 4.69) is 10.1 Å². The van der Waals surface area contributed by atoms with Crippen molar-refractivity contribution < 1.29 is 27.5 Å². The van der Waals surface area contributed by atoms with Crippen LogP contribution in [0, 0.1) is 0 Å². The van der Waals surface area contributed by atoms with Gasteiger partial charge in [-0.05, 0) is 12.1 Å². The lowest BCUT2D eigenvalue weighted by Crippen LogP contribution is -2.32. The second-order valence-corrected chi connectivity index (χ2v) is 3.69. The summed E-state index contributed by atoms with van der Waals surface area (Å²) < 4.78 is 41.3. The number of aromatic nitrogens is 1. The van der Waals surface area contributed by atoms with E-state index in [0.717, 1.165) is 6.07 Å². The molecule has 1 rings (SSSR count). The van der Waals surface area contributed by atoms with Gasteiger partial charge in [-0.15, -0.1) is 0 Å². The summed E-state index contributed by atoms with van der Waals surface area (Å²) >= 11 is 0. The van der Waals surface area contributed by atoms with Gasteiger partial charge in [-0.25, -0.2) is 0 Å². The largest absolute Gasteiger partial charge is 0.469 e. The molecule has 2 N–H and O–H groups in total. The van der Waals surface area contributed by atoms with Crippen molar-refractivity contribution in [2.45, 2.75) is 12.6 Å². The fraction of sp³-hybridized carbons (Fsp3) is 0.364. The number of nitrogens with one attached hydrogen (secondary N) is 2. The molecule has 0 saturated heterocycles. The molecule has 0 radical (unpaired) electrons. The Labute approximate surface area is 110 Å². The van der Waals surface area contributed by atoms with Crippen molar-refractivity contribution in [3.8, 4) is 0 Å². The van der Waals surface area contributed by atoms with Crippen LogP contribution < -0.4 is 10.9 Å². The minimum absolute atomic E-state index is 0.0913. The Morgan fingerprint density at radius 2 is 2.00 bits per heavy atom. The fourth-order valence-corrected chi connectivity index (χ4v) is 1.29. The molecule has 20 heavy (non-hydrogen) atoms. The van der Waals surface area contributed by atoms with Gasteiger partial charge >= 0.3 is 12.1 Å². The number of aromatic amines is 1. The number of esters is 1. The van der Waals surface area contributed by atoms with Gasteiger partial charge in [0.25, 0.3) is 11.5 Å². The smallest absolute Gasteiger partial charge is 0.431 e. The minimum atomic E-state index is -4.70. The van der Waals surface area contributed by atoms with Gasteiger partial charge in [0.05, 0.1) is 13.5 Å². The summed E-state index contributed by atoms with van der Waals surface area (Å²) in [6.07, 6.45) is -4.81. The van der Waals surface area contributed by atoms with E-state index in [0.29, 0.717) is 6.07 Å². The third-order valence-corrected chi connectivity index (χ3v) is 2.30. The maximum atomic E-state index is 12.3. The number of pyridine rings is 1. The van der Waals surface area contributed by atoms with Gasteiger partial charge < -0.3 is 15.0 Å². The van der Waals surface area contributed by atoms with Crippen LogP contribution in [0.25, 0.3) is 0 Å². The van der Waals surface area contributed by atoms with E-state index in [1.54, 1.807) is 4.98 Å². The van der Waals surface area contributed by atoms with Crippen LogP contribution in [0.1, 0.15) is 22.5 Å². The Kier molecular flexibility index (Phi) is 4.89. The number of alkyl halides is 3. The van der Waals surface area contributed by atoms with Crippen molar-refractivity contribution in [3.63, 3.8) is 0 Å². The number of halogens is 3. The van der Waals surface area contributed by atoms with E-state index in [1.165, 1.54) is 7.11 Å². The summed E-state index contributed by atoms with van der Waals surface area (Å²) in [5.41, 5.74) is -2.87. The topological polar surface area (TPSA) is 88.3 Å². The molecule has 1 amide bonds. The first-order valence-corrected chi connectivity index (χ1v) is 5.41. The third kappa shape index (κ3) is 4.11. The highest BCUT2D eigenvalue weighted by Gasteiger charge is 2.32. The molecule has 0 aromatic carbocycles. The number of amides is 1. The normalized spacial score (nSPS) is 11.0. The van der Waals surface area contributed by atoms with Crippen LogP contribution in [0.15, 0.2) is 16.9 Å². The van der Waals surface area contributed by atoms with E-state index in [9.17, 15) is 27.6 Å². The molecule has 0 spiro atoms. The highest BCUT2D eigenvalue weighted by atomic mass is 19.4. The molecule has 1 aromatic heterocycles. The highest BCUT2D eigenvalue weighted by molar-refractivity contribution is 5.93. The first kappa shape index (κ1) is 15.7. The zero-order chi connectivity index (χ0) is 15.3. The number of methoxy groups -OCH3 is 1. The van der Waals surface area contributed by atoms with E-state index in [1.807, 2.05) is 0 Å². The lowest BCUT2D eigenvalue weighted by Gasteiger charge is -2.07. The van der Waals surface area contributed by atoms with Crippen LogP contribution in [-0.2, 0) is 15.7 Å². The van der Waals surface area contributed by atoms with Crippen molar-refractivity contribution in [1.29, 1.82) is 0 Å². The molecule has 0 aliphatic carbocycles. The Bertz CT molecular complexity index is 566. The van der Waals surface area contributed by atoms with Crippen LogP contribution in [0.2, 0.25) is 0 Å². The SMILES string of the molecule is COC(=O)CCNC(=O)c1ccc(C(F)(F)F)[nH]c1=O. The molecular formula is C11H11F3N2O4. The second-order valence-electron chi connectivity index (χ2n) is 3.69. The molecule has 0 saturated carbocycles. The van der Waals surface area contributed by atoms with Crippen LogP contribution in [0.3, 0.4) is 0 Å². The second kappa shape index (κ2) is 6.22. The maximum Gasteiger partial charge on any atom is 0.431 e. The summed E-state index contributed by atoms with van der Waals surface area (Å²) in [6.45, 7) is -0.0913. The van der Waals surface area contributed by atoms with Gasteiger partial charge in [-0.2, -0.15) is 13.2 Å². The van der Waals surface area contributed by atoms with Gasteiger partial charge in [0.2, 0.25) is 0 Å². The molecule has 9 heteroatoms. The molecule has 6 nitrogen and oxygen atoms in total. The monoisotopic (exact) mass is 292 g/mol. The Morgan fingerprint density at radius 3 is 2.50 bits per heavy atom. The van der Waals surface area contributed by atoms with Crippen LogP contribution >= 0.6 is 0 Å². The summed E-state index contributed by atoms with van der Waals surface area (Å²) in [5.74, 6) is -1.43. The first-order chi connectivity index (χ1) is 9.25. The minimum Gasteiger partial charge on any atom is -0.469 e. The van der Waals surface area contributed by atoms with Gasteiger partial charge in [-0.1, -0.05) is 0 Å². The van der Waals surface area contributed by atoms with Crippen LogP contribution in [0.4, 0.5) is 13.2 Å². The van der Waals surface area contributed by atoms with Gasteiger partial charge in [0, 0.05) is 6.54 Å². The lowest BCUT2D eigenvalue weighted by molar-refractivity contribution is -0.141. The van der Waals surface area contributed by atoms with Gasteiger partial charge in [-0.3, -0.25) is 14.4 Å². The molecule has 0 unspecified atom stereocenters. The van der Waals surface area contributed by atoms with Crippen molar-refractivity contribution in [2.75, 3.05) is 13.7 Å². The lowest BCUT2D eigenvalue weighted by atomic mass is 10.2. The summed E-state index contributed by atoms with van der Waals surface area (Å²) in [5, 5.41) is 2.22. The van der Waals surface area contributed by atoms with Gasteiger partial charge in [0.1, 0.15) is 11.3 Å². The average Bonchev–Trinajstić information content (AvgIpc) is 2.37.